The molecule has 0 unspecified atom stereocenters. The third kappa shape index (κ3) is 5.06. The second-order valence-corrected chi connectivity index (χ2v) is 5.42. The summed E-state index contributed by atoms with van der Waals surface area (Å²) in [4.78, 5) is 13.5. The van der Waals surface area contributed by atoms with Crippen molar-refractivity contribution in [3.05, 3.63) is 28.6 Å². The van der Waals surface area contributed by atoms with E-state index < -0.39 is 5.60 Å². The van der Waals surface area contributed by atoms with Crippen molar-refractivity contribution < 1.29 is 14.3 Å². The van der Waals surface area contributed by atoms with Crippen LogP contribution in [0.5, 0.6) is 0 Å². The summed E-state index contributed by atoms with van der Waals surface area (Å²) in [5.74, 6) is 0.460. The van der Waals surface area contributed by atoms with E-state index in [2.05, 4.69) is 15.9 Å². The Labute approximate surface area is 115 Å². The highest BCUT2D eigenvalue weighted by Crippen LogP contribution is 2.15. The van der Waals surface area contributed by atoms with Gasteiger partial charge in [-0.15, -0.1) is 0 Å². The van der Waals surface area contributed by atoms with E-state index in [4.69, 9.17) is 4.42 Å². The first-order valence-corrected chi connectivity index (χ1v) is 6.56. The molecule has 4 nitrogen and oxygen atoms in total. The van der Waals surface area contributed by atoms with Crippen molar-refractivity contribution in [1.29, 1.82) is 0 Å². The van der Waals surface area contributed by atoms with Crippen LogP contribution in [0.2, 0.25) is 0 Å². The number of amides is 1. The molecule has 0 aliphatic rings. The Morgan fingerprint density at radius 1 is 1.56 bits per heavy atom. The molecule has 0 aliphatic carbocycles. The number of halogens is 1. The van der Waals surface area contributed by atoms with Gasteiger partial charge in [-0.2, -0.15) is 0 Å². The number of rotatable bonds is 5. The van der Waals surface area contributed by atoms with Crippen molar-refractivity contribution in [3.8, 4) is 0 Å². The van der Waals surface area contributed by atoms with Gasteiger partial charge in [0.2, 0.25) is 5.91 Å². The summed E-state index contributed by atoms with van der Waals surface area (Å²) in [5, 5.41) is 9.71. The van der Waals surface area contributed by atoms with Gasteiger partial charge in [0.1, 0.15) is 5.76 Å². The lowest BCUT2D eigenvalue weighted by molar-refractivity contribution is -0.128. The molecule has 0 atom stereocenters. The summed E-state index contributed by atoms with van der Waals surface area (Å²) in [6.07, 6.45) is 3.06. The molecule has 0 bridgehead atoms. The van der Waals surface area contributed by atoms with Crippen molar-refractivity contribution in [1.82, 2.24) is 4.90 Å². The molecule has 100 valence electrons. The van der Waals surface area contributed by atoms with Crippen molar-refractivity contribution in [2.45, 2.75) is 26.4 Å². The molecule has 1 heterocycles. The van der Waals surface area contributed by atoms with Gasteiger partial charge in [-0.1, -0.05) is 0 Å². The molecule has 0 saturated heterocycles. The van der Waals surface area contributed by atoms with Crippen molar-refractivity contribution in [3.63, 3.8) is 0 Å². The van der Waals surface area contributed by atoms with E-state index in [-0.39, 0.29) is 5.91 Å². The molecule has 1 aromatic heterocycles. The normalized spacial score (nSPS) is 12.1. The van der Waals surface area contributed by atoms with Gasteiger partial charge < -0.3 is 14.4 Å². The molecule has 1 amide bonds. The van der Waals surface area contributed by atoms with Crippen LogP contribution in [0.3, 0.4) is 0 Å². The van der Waals surface area contributed by atoms with E-state index in [1.165, 1.54) is 6.08 Å². The maximum absolute atomic E-state index is 11.9. The number of likely N-dealkylation sites (N-methyl/N-ethyl adjacent to an activating group) is 1. The third-order valence-corrected chi connectivity index (χ3v) is 2.68. The SMILES string of the molecule is CCN(CC(C)(C)O)C(=O)C=Cc1ccc(Br)o1. The first-order chi connectivity index (χ1) is 8.31. The molecule has 0 spiro atoms. The zero-order valence-electron chi connectivity index (χ0n) is 10.8. The number of furan rings is 1. The van der Waals surface area contributed by atoms with Crippen molar-refractivity contribution in [2.24, 2.45) is 0 Å². The summed E-state index contributed by atoms with van der Waals surface area (Å²) < 4.78 is 5.88. The van der Waals surface area contributed by atoms with Crippen LogP contribution < -0.4 is 0 Å². The maximum atomic E-state index is 11.9. The molecular weight excluding hydrogens is 298 g/mol. The fourth-order valence-corrected chi connectivity index (χ4v) is 1.81. The minimum Gasteiger partial charge on any atom is -0.450 e. The van der Waals surface area contributed by atoms with Gasteiger partial charge in [0.05, 0.1) is 5.60 Å². The minimum absolute atomic E-state index is 0.146. The molecule has 1 rings (SSSR count). The van der Waals surface area contributed by atoms with Gasteiger partial charge in [-0.25, -0.2) is 0 Å². The van der Waals surface area contributed by atoms with Gasteiger partial charge >= 0.3 is 0 Å². The Morgan fingerprint density at radius 3 is 2.67 bits per heavy atom. The highest BCUT2D eigenvalue weighted by molar-refractivity contribution is 9.10. The van der Waals surface area contributed by atoms with E-state index in [9.17, 15) is 9.90 Å². The van der Waals surface area contributed by atoms with Gasteiger partial charge in [-0.3, -0.25) is 4.79 Å². The molecule has 0 saturated carbocycles. The van der Waals surface area contributed by atoms with Crippen LogP contribution in [0, 0.1) is 0 Å². The fraction of sp³-hybridized carbons (Fsp3) is 0.462. The predicted molar refractivity (Wildman–Crippen MR) is 74.0 cm³/mol. The first-order valence-electron chi connectivity index (χ1n) is 5.76. The van der Waals surface area contributed by atoms with Crippen LogP contribution in [0.15, 0.2) is 27.3 Å². The smallest absolute Gasteiger partial charge is 0.246 e. The van der Waals surface area contributed by atoms with Crippen LogP contribution in [-0.4, -0.2) is 34.6 Å². The second kappa shape index (κ2) is 6.20. The predicted octanol–water partition coefficient (Wildman–Crippen LogP) is 2.67. The van der Waals surface area contributed by atoms with Crippen LogP contribution in [0.4, 0.5) is 0 Å². The standard InChI is InChI=1S/C13H18BrNO3/c1-4-15(9-13(2,3)17)12(16)8-6-10-5-7-11(14)18-10/h5-8,17H,4,9H2,1-3H3. The Bertz CT molecular complexity index is 432. The molecule has 0 radical (unpaired) electrons. The number of nitrogens with zero attached hydrogens (tertiary/aromatic N) is 1. The maximum Gasteiger partial charge on any atom is 0.246 e. The van der Waals surface area contributed by atoms with Gasteiger partial charge in [0, 0.05) is 19.2 Å². The minimum atomic E-state index is -0.896. The topological polar surface area (TPSA) is 53.7 Å². The third-order valence-electron chi connectivity index (χ3n) is 2.26. The fourth-order valence-electron chi connectivity index (χ4n) is 1.49. The van der Waals surface area contributed by atoms with Crippen molar-refractivity contribution in [2.75, 3.05) is 13.1 Å². The number of hydrogen-bond acceptors (Lipinski definition) is 3. The van der Waals surface area contributed by atoms with E-state index in [1.54, 1.807) is 37.0 Å². The van der Waals surface area contributed by atoms with Gasteiger partial charge in [0.15, 0.2) is 4.67 Å². The largest absolute Gasteiger partial charge is 0.450 e. The van der Waals surface area contributed by atoms with Crippen LogP contribution >= 0.6 is 15.9 Å². The van der Waals surface area contributed by atoms with E-state index in [1.807, 2.05) is 6.92 Å². The van der Waals surface area contributed by atoms with Crippen LogP contribution in [0.25, 0.3) is 6.08 Å². The summed E-state index contributed by atoms with van der Waals surface area (Å²) in [7, 11) is 0. The first kappa shape index (κ1) is 15.0. The number of hydrogen-bond donors (Lipinski definition) is 1. The van der Waals surface area contributed by atoms with E-state index in [0.717, 1.165) is 0 Å². The molecule has 0 fully saturated rings. The Kier molecular flexibility index (Phi) is 5.16. The molecule has 18 heavy (non-hydrogen) atoms. The summed E-state index contributed by atoms with van der Waals surface area (Å²) >= 11 is 3.19. The quantitative estimate of drug-likeness (QED) is 0.850. The van der Waals surface area contributed by atoms with E-state index in [0.29, 0.717) is 23.5 Å². The lowest BCUT2D eigenvalue weighted by Gasteiger charge is -2.27. The zero-order chi connectivity index (χ0) is 13.8. The summed E-state index contributed by atoms with van der Waals surface area (Å²) in [6.45, 7) is 6.08. The number of carbonyl (C=O) groups is 1. The van der Waals surface area contributed by atoms with Gasteiger partial charge in [0.25, 0.3) is 0 Å². The van der Waals surface area contributed by atoms with Crippen LogP contribution in [-0.2, 0) is 4.79 Å². The summed E-state index contributed by atoms with van der Waals surface area (Å²) in [5.41, 5.74) is -0.896. The number of aliphatic hydroxyl groups is 1. The Hall–Kier alpha value is -1.07. The summed E-state index contributed by atoms with van der Waals surface area (Å²) in [6, 6.07) is 3.53. The highest BCUT2D eigenvalue weighted by atomic mass is 79.9. The lowest BCUT2D eigenvalue weighted by Crippen LogP contribution is -2.41. The van der Waals surface area contributed by atoms with E-state index >= 15 is 0 Å². The highest BCUT2D eigenvalue weighted by Gasteiger charge is 2.19. The molecule has 5 heteroatoms. The monoisotopic (exact) mass is 315 g/mol. The lowest BCUT2D eigenvalue weighted by atomic mass is 10.1. The average Bonchev–Trinajstić information content (AvgIpc) is 2.67. The molecule has 1 aromatic rings. The molecular formula is C13H18BrNO3. The molecule has 0 aromatic carbocycles. The van der Waals surface area contributed by atoms with Gasteiger partial charge in [-0.05, 0) is 54.9 Å². The zero-order valence-corrected chi connectivity index (χ0v) is 12.4. The Balaban J connectivity index is 2.65. The molecule has 1 N–H and O–H groups in total. The number of carbonyl (C=O) groups excluding carboxylic acids is 1. The Morgan fingerprint density at radius 2 is 2.22 bits per heavy atom. The van der Waals surface area contributed by atoms with Crippen molar-refractivity contribution >= 4 is 27.9 Å². The van der Waals surface area contributed by atoms with Crippen LogP contribution in [0.1, 0.15) is 26.5 Å². The average molecular weight is 316 g/mol. The second-order valence-electron chi connectivity index (χ2n) is 4.64. The molecule has 0 aliphatic heterocycles.